The van der Waals surface area contributed by atoms with E-state index in [1.807, 2.05) is 24.3 Å². The van der Waals surface area contributed by atoms with Crippen LogP contribution in [0.5, 0.6) is 5.75 Å². The van der Waals surface area contributed by atoms with Crippen LogP contribution in [0.2, 0.25) is 0 Å². The van der Waals surface area contributed by atoms with E-state index in [0.29, 0.717) is 19.6 Å². The number of ether oxygens (including phenoxy) is 1. The van der Waals surface area contributed by atoms with E-state index >= 15 is 0 Å². The maximum atomic E-state index is 12.0. The van der Waals surface area contributed by atoms with Gasteiger partial charge in [0.1, 0.15) is 5.75 Å². The van der Waals surface area contributed by atoms with Gasteiger partial charge in [0, 0.05) is 19.6 Å². The molecule has 2 heterocycles. The molecule has 0 bridgehead atoms. The van der Waals surface area contributed by atoms with E-state index < -0.39 is 0 Å². The highest BCUT2D eigenvalue weighted by Gasteiger charge is 2.43. The third kappa shape index (κ3) is 3.26. The van der Waals surface area contributed by atoms with Crippen LogP contribution in [0, 0.1) is 0 Å². The lowest BCUT2D eigenvalue weighted by atomic mass is 10.1. The summed E-state index contributed by atoms with van der Waals surface area (Å²) in [5.41, 5.74) is 0.970. The van der Waals surface area contributed by atoms with Crippen molar-refractivity contribution >= 4 is 28.9 Å². The highest BCUT2D eigenvalue weighted by molar-refractivity contribution is 8.14. The van der Waals surface area contributed by atoms with Crippen LogP contribution in [0.15, 0.2) is 24.3 Å². The van der Waals surface area contributed by atoms with E-state index in [4.69, 9.17) is 4.74 Å². The van der Waals surface area contributed by atoms with Gasteiger partial charge in [-0.05, 0) is 17.7 Å². The molecule has 122 valence electrons. The molecule has 0 radical (unpaired) electrons. The first-order chi connectivity index (χ1) is 11.1. The largest absolute Gasteiger partial charge is 0.497 e. The molecule has 0 saturated carbocycles. The van der Waals surface area contributed by atoms with E-state index in [1.54, 1.807) is 12.0 Å². The second kappa shape index (κ2) is 6.49. The minimum atomic E-state index is -0.210. The van der Waals surface area contributed by atoms with E-state index in [1.165, 1.54) is 4.90 Å². The van der Waals surface area contributed by atoms with Crippen molar-refractivity contribution in [2.45, 2.75) is 12.6 Å². The Morgan fingerprint density at radius 2 is 2.00 bits per heavy atom. The molecule has 1 aromatic rings. The van der Waals surface area contributed by atoms with Crippen LogP contribution < -0.4 is 10.1 Å². The summed E-state index contributed by atoms with van der Waals surface area (Å²) in [6.45, 7) is 1.21. The molecule has 0 aromatic heterocycles. The van der Waals surface area contributed by atoms with Crippen LogP contribution in [0.25, 0.3) is 0 Å². The zero-order valence-corrected chi connectivity index (χ0v) is 13.5. The fourth-order valence-electron chi connectivity index (χ4n) is 2.53. The molecule has 2 fully saturated rings. The van der Waals surface area contributed by atoms with Crippen LogP contribution in [0.1, 0.15) is 5.56 Å². The van der Waals surface area contributed by atoms with Gasteiger partial charge in [0.05, 0.1) is 18.9 Å². The van der Waals surface area contributed by atoms with Gasteiger partial charge in [-0.2, -0.15) is 0 Å². The van der Waals surface area contributed by atoms with Gasteiger partial charge in [0.25, 0.3) is 5.24 Å². The van der Waals surface area contributed by atoms with Crippen molar-refractivity contribution in [3.63, 3.8) is 0 Å². The molecule has 0 aliphatic carbocycles. The zero-order valence-electron chi connectivity index (χ0n) is 12.7. The van der Waals surface area contributed by atoms with Gasteiger partial charge >= 0.3 is 6.03 Å². The molecule has 1 aromatic carbocycles. The van der Waals surface area contributed by atoms with Crippen molar-refractivity contribution in [1.82, 2.24) is 15.1 Å². The number of imide groups is 1. The number of amides is 4. The highest BCUT2D eigenvalue weighted by atomic mass is 32.2. The second-order valence-electron chi connectivity index (χ2n) is 5.38. The third-order valence-corrected chi connectivity index (χ3v) is 4.74. The average Bonchev–Trinajstić information content (AvgIpc) is 2.84. The van der Waals surface area contributed by atoms with Gasteiger partial charge in [-0.3, -0.25) is 14.5 Å². The first kappa shape index (κ1) is 15.7. The SMILES string of the molecule is COc1ccc(CNC(=O)N2CC(N3C(=O)CSC3=O)C2)cc1. The lowest BCUT2D eigenvalue weighted by Gasteiger charge is -2.42. The fraction of sp³-hybridized carbons (Fsp3) is 0.400. The van der Waals surface area contributed by atoms with E-state index in [9.17, 15) is 14.4 Å². The molecule has 0 spiro atoms. The average molecular weight is 335 g/mol. The Kier molecular flexibility index (Phi) is 4.42. The predicted molar refractivity (Wildman–Crippen MR) is 85.3 cm³/mol. The number of rotatable bonds is 4. The zero-order chi connectivity index (χ0) is 16.4. The quantitative estimate of drug-likeness (QED) is 0.897. The molecule has 1 N–H and O–H groups in total. The number of carbonyl (C=O) groups is 3. The van der Waals surface area contributed by atoms with Crippen molar-refractivity contribution in [3.8, 4) is 5.75 Å². The summed E-state index contributed by atoms with van der Waals surface area (Å²) in [7, 11) is 1.60. The Hall–Kier alpha value is -2.22. The van der Waals surface area contributed by atoms with Crippen molar-refractivity contribution < 1.29 is 19.1 Å². The number of hydrogen-bond acceptors (Lipinski definition) is 5. The van der Waals surface area contributed by atoms with Crippen LogP contribution in [0.3, 0.4) is 0 Å². The van der Waals surface area contributed by atoms with E-state index in [0.717, 1.165) is 23.1 Å². The number of thioether (sulfide) groups is 1. The number of hydrogen-bond donors (Lipinski definition) is 1. The number of nitrogens with one attached hydrogen (secondary N) is 1. The van der Waals surface area contributed by atoms with Gasteiger partial charge in [-0.25, -0.2) is 4.79 Å². The normalized spacial score (nSPS) is 18.1. The van der Waals surface area contributed by atoms with Gasteiger partial charge < -0.3 is 15.0 Å². The summed E-state index contributed by atoms with van der Waals surface area (Å²) >= 11 is 1.02. The minimum Gasteiger partial charge on any atom is -0.497 e. The summed E-state index contributed by atoms with van der Waals surface area (Å²) in [5.74, 6) is 0.811. The summed E-state index contributed by atoms with van der Waals surface area (Å²) in [5, 5.41) is 2.61. The molecule has 0 atom stereocenters. The molecule has 23 heavy (non-hydrogen) atoms. The summed E-state index contributed by atoms with van der Waals surface area (Å²) in [4.78, 5) is 38.1. The number of benzene rings is 1. The van der Waals surface area contributed by atoms with Crippen molar-refractivity contribution in [3.05, 3.63) is 29.8 Å². The summed E-state index contributed by atoms with van der Waals surface area (Å²) < 4.78 is 5.08. The molecule has 8 heteroatoms. The molecule has 2 aliphatic heterocycles. The van der Waals surface area contributed by atoms with Gasteiger partial charge in [0.15, 0.2) is 0 Å². The van der Waals surface area contributed by atoms with Gasteiger partial charge in [0.2, 0.25) is 5.91 Å². The summed E-state index contributed by atoms with van der Waals surface area (Å²) in [6, 6.07) is 7.07. The van der Waals surface area contributed by atoms with Gasteiger partial charge in [-0.15, -0.1) is 0 Å². The molecule has 0 unspecified atom stereocenters. The second-order valence-corrected chi connectivity index (χ2v) is 6.31. The van der Waals surface area contributed by atoms with Crippen LogP contribution in [-0.2, 0) is 11.3 Å². The van der Waals surface area contributed by atoms with Crippen molar-refractivity contribution in [2.24, 2.45) is 0 Å². The Morgan fingerprint density at radius 1 is 1.30 bits per heavy atom. The lowest BCUT2D eigenvalue weighted by molar-refractivity contribution is -0.128. The fourth-order valence-corrected chi connectivity index (χ4v) is 3.31. The standard InChI is InChI=1S/C15H17N3O4S/c1-22-12-4-2-10(3-5-12)6-16-14(20)17-7-11(8-17)18-13(19)9-23-15(18)21/h2-5,11H,6-9H2,1H3,(H,16,20). The van der Waals surface area contributed by atoms with E-state index in [-0.39, 0.29) is 29.0 Å². The minimum absolute atomic E-state index is 0.164. The lowest BCUT2D eigenvalue weighted by Crippen LogP contribution is -2.63. The number of nitrogens with zero attached hydrogens (tertiary/aromatic N) is 2. The van der Waals surface area contributed by atoms with Crippen LogP contribution in [-0.4, -0.2) is 59.0 Å². The molecule has 4 amide bonds. The number of likely N-dealkylation sites (tertiary alicyclic amines) is 1. The molecule has 2 aliphatic rings. The Balaban J connectivity index is 1.45. The first-order valence-corrected chi connectivity index (χ1v) is 8.21. The number of methoxy groups -OCH3 is 1. The van der Waals surface area contributed by atoms with Crippen LogP contribution in [0.4, 0.5) is 9.59 Å². The topological polar surface area (TPSA) is 79.0 Å². The Labute approximate surface area is 137 Å². The predicted octanol–water partition coefficient (Wildman–Crippen LogP) is 1.28. The third-order valence-electron chi connectivity index (χ3n) is 3.90. The highest BCUT2D eigenvalue weighted by Crippen LogP contribution is 2.26. The number of carbonyl (C=O) groups excluding carboxylic acids is 3. The van der Waals surface area contributed by atoms with Crippen molar-refractivity contribution in [2.75, 3.05) is 26.0 Å². The maximum absolute atomic E-state index is 12.0. The first-order valence-electron chi connectivity index (χ1n) is 7.23. The Morgan fingerprint density at radius 3 is 2.57 bits per heavy atom. The smallest absolute Gasteiger partial charge is 0.317 e. The molecule has 7 nitrogen and oxygen atoms in total. The maximum Gasteiger partial charge on any atom is 0.317 e. The molecular formula is C15H17N3O4S. The Bertz CT molecular complexity index is 612. The van der Waals surface area contributed by atoms with E-state index in [2.05, 4.69) is 5.32 Å². The van der Waals surface area contributed by atoms with Crippen LogP contribution >= 0.6 is 11.8 Å². The van der Waals surface area contributed by atoms with Crippen molar-refractivity contribution in [1.29, 1.82) is 0 Å². The van der Waals surface area contributed by atoms with Gasteiger partial charge in [-0.1, -0.05) is 23.9 Å². The molecule has 3 rings (SSSR count). The molecular weight excluding hydrogens is 318 g/mol. The number of urea groups is 1. The monoisotopic (exact) mass is 335 g/mol. The molecule has 2 saturated heterocycles. The summed E-state index contributed by atoms with van der Waals surface area (Å²) in [6.07, 6.45) is 0.